The van der Waals surface area contributed by atoms with Crippen LogP contribution in [0.15, 0.2) is 36.4 Å². The zero-order chi connectivity index (χ0) is 37.6. The molecule has 2 aromatic rings. The van der Waals surface area contributed by atoms with Gasteiger partial charge in [0, 0.05) is 11.6 Å². The summed E-state index contributed by atoms with van der Waals surface area (Å²) in [6, 6.07) is 9.67. The zero-order valence-electron chi connectivity index (χ0n) is 34.0. The molecule has 0 saturated heterocycles. The molecule has 0 spiro atoms. The molecular weight excluding hydrogens is 636 g/mol. The third-order valence-corrected chi connectivity index (χ3v) is 9.16. The standard InChI is InChI=1S/C45H72O6/c1-11-16-21-33(6)47-39-27-29-43(49-35(8)23-18-13-3)38(30-39)26-28-42(46)41-31-40(48-34(7)22-17-12-2)32-44(50-36(9)24-19-14-4)45(41)51-37(10)25-20-15-5/h26-37H,11-25H2,1-10H3. The van der Waals surface area contributed by atoms with Crippen molar-refractivity contribution >= 4 is 11.9 Å². The maximum atomic E-state index is 14.4. The Hall–Kier alpha value is -3.15. The van der Waals surface area contributed by atoms with Gasteiger partial charge in [0.15, 0.2) is 17.3 Å². The van der Waals surface area contributed by atoms with Gasteiger partial charge >= 0.3 is 0 Å². The molecule has 0 aliphatic rings. The van der Waals surface area contributed by atoms with Gasteiger partial charge in [-0.2, -0.15) is 0 Å². The molecule has 0 heterocycles. The van der Waals surface area contributed by atoms with E-state index >= 15 is 0 Å². The summed E-state index contributed by atoms with van der Waals surface area (Å²) in [5, 5.41) is 0. The normalized spacial score (nSPS) is 14.5. The van der Waals surface area contributed by atoms with Crippen molar-refractivity contribution in [3.05, 3.63) is 47.5 Å². The number of benzene rings is 2. The molecule has 5 atom stereocenters. The lowest BCUT2D eigenvalue weighted by atomic mass is 10.0. The SMILES string of the molecule is CCCCC(C)Oc1ccc(OC(C)CCCC)c(C=CC(=O)c2cc(OC(C)CCCC)cc(OC(C)CCCC)c2OC(C)CCCC)c1. The lowest BCUT2D eigenvalue weighted by Gasteiger charge is -2.24. The van der Waals surface area contributed by atoms with Crippen molar-refractivity contribution in [1.82, 2.24) is 0 Å². The zero-order valence-corrected chi connectivity index (χ0v) is 34.0. The number of hydrogen-bond donors (Lipinski definition) is 0. The second kappa shape index (κ2) is 24.9. The fourth-order valence-corrected chi connectivity index (χ4v) is 5.98. The van der Waals surface area contributed by atoms with E-state index in [1.165, 1.54) is 0 Å². The quantitative estimate of drug-likeness (QED) is 0.0648. The van der Waals surface area contributed by atoms with Crippen LogP contribution < -0.4 is 23.7 Å². The molecule has 0 fully saturated rings. The van der Waals surface area contributed by atoms with Gasteiger partial charge in [-0.1, -0.05) is 98.8 Å². The Labute approximate surface area is 312 Å². The van der Waals surface area contributed by atoms with Gasteiger partial charge in [-0.25, -0.2) is 0 Å². The average Bonchev–Trinajstić information content (AvgIpc) is 3.11. The number of unbranched alkanes of at least 4 members (excludes halogenated alkanes) is 5. The van der Waals surface area contributed by atoms with E-state index in [-0.39, 0.29) is 36.3 Å². The Morgan fingerprint density at radius 2 is 0.961 bits per heavy atom. The summed E-state index contributed by atoms with van der Waals surface area (Å²) in [6.45, 7) is 21.4. The van der Waals surface area contributed by atoms with Crippen molar-refractivity contribution < 1.29 is 28.5 Å². The summed E-state index contributed by atoms with van der Waals surface area (Å²) in [7, 11) is 0. The van der Waals surface area contributed by atoms with Crippen LogP contribution in [0.3, 0.4) is 0 Å². The highest BCUT2D eigenvalue weighted by Gasteiger charge is 2.23. The fraction of sp³-hybridized carbons (Fsp3) is 0.667. The number of ether oxygens (including phenoxy) is 5. The molecule has 0 aromatic heterocycles. The van der Waals surface area contributed by atoms with Gasteiger partial charge in [0.1, 0.15) is 17.2 Å². The van der Waals surface area contributed by atoms with Crippen molar-refractivity contribution in [2.24, 2.45) is 0 Å². The van der Waals surface area contributed by atoms with Gasteiger partial charge in [0.2, 0.25) is 0 Å². The first kappa shape index (κ1) is 44.0. The molecule has 0 aliphatic carbocycles. The molecule has 6 nitrogen and oxygen atoms in total. The molecule has 0 radical (unpaired) electrons. The smallest absolute Gasteiger partial charge is 0.189 e. The van der Waals surface area contributed by atoms with Crippen molar-refractivity contribution in [3.63, 3.8) is 0 Å². The summed E-state index contributed by atoms with van der Waals surface area (Å²) >= 11 is 0. The minimum Gasteiger partial charge on any atom is -0.491 e. The highest BCUT2D eigenvalue weighted by Crippen LogP contribution is 2.39. The summed E-state index contributed by atoms with van der Waals surface area (Å²) in [6.07, 6.45) is 19.1. The first-order valence-corrected chi connectivity index (χ1v) is 20.4. The second-order valence-corrected chi connectivity index (χ2v) is 14.5. The Balaban J connectivity index is 2.63. The number of rotatable bonds is 28. The van der Waals surface area contributed by atoms with Gasteiger partial charge < -0.3 is 23.7 Å². The van der Waals surface area contributed by atoms with E-state index in [2.05, 4.69) is 69.2 Å². The van der Waals surface area contributed by atoms with Crippen molar-refractivity contribution in [3.8, 4) is 28.7 Å². The summed E-state index contributed by atoms with van der Waals surface area (Å²) in [5.41, 5.74) is 1.24. The first-order chi connectivity index (χ1) is 24.5. The van der Waals surface area contributed by atoms with Gasteiger partial charge in [-0.15, -0.1) is 0 Å². The number of carbonyl (C=O) groups is 1. The molecule has 0 saturated carbocycles. The lowest BCUT2D eigenvalue weighted by molar-refractivity contribution is 0.103. The molecule has 6 heteroatoms. The van der Waals surface area contributed by atoms with Crippen molar-refractivity contribution in [2.45, 2.75) is 196 Å². The van der Waals surface area contributed by atoms with Gasteiger partial charge in [0.05, 0.1) is 36.1 Å². The van der Waals surface area contributed by atoms with Crippen LogP contribution in [-0.2, 0) is 0 Å². The fourth-order valence-electron chi connectivity index (χ4n) is 5.98. The van der Waals surface area contributed by atoms with Crippen molar-refractivity contribution in [2.75, 3.05) is 0 Å². The molecule has 2 rings (SSSR count). The molecular formula is C45H72O6. The first-order valence-electron chi connectivity index (χ1n) is 20.4. The average molecular weight is 709 g/mol. The molecule has 0 amide bonds. The molecule has 5 unspecified atom stereocenters. The monoisotopic (exact) mass is 709 g/mol. The highest BCUT2D eigenvalue weighted by atomic mass is 16.5. The Bertz CT molecular complexity index is 1290. The third-order valence-electron chi connectivity index (χ3n) is 9.16. The van der Waals surface area contributed by atoms with Gasteiger partial charge in [-0.3, -0.25) is 4.79 Å². The Morgan fingerprint density at radius 3 is 1.45 bits per heavy atom. The van der Waals surface area contributed by atoms with E-state index in [0.717, 1.165) is 113 Å². The van der Waals surface area contributed by atoms with Crippen LogP contribution in [0.1, 0.15) is 181 Å². The maximum absolute atomic E-state index is 14.4. The lowest BCUT2D eigenvalue weighted by Crippen LogP contribution is -2.18. The van der Waals surface area contributed by atoms with Gasteiger partial charge in [0.25, 0.3) is 0 Å². The molecule has 288 valence electrons. The molecule has 0 bridgehead atoms. The van der Waals surface area contributed by atoms with E-state index in [1.54, 1.807) is 6.08 Å². The van der Waals surface area contributed by atoms with Crippen LogP contribution in [0.4, 0.5) is 0 Å². The van der Waals surface area contributed by atoms with Crippen LogP contribution in [0.5, 0.6) is 28.7 Å². The predicted octanol–water partition coefficient (Wildman–Crippen LogP) is 13.4. The van der Waals surface area contributed by atoms with Gasteiger partial charge in [-0.05, 0) is 103 Å². The largest absolute Gasteiger partial charge is 0.491 e. The minimum atomic E-state index is -0.182. The van der Waals surface area contributed by atoms with Crippen molar-refractivity contribution in [1.29, 1.82) is 0 Å². The van der Waals surface area contributed by atoms with E-state index < -0.39 is 0 Å². The van der Waals surface area contributed by atoms with E-state index in [0.29, 0.717) is 22.8 Å². The molecule has 0 N–H and O–H groups in total. The number of carbonyl (C=O) groups excluding carboxylic acids is 1. The molecule has 51 heavy (non-hydrogen) atoms. The van der Waals surface area contributed by atoms with E-state index in [1.807, 2.05) is 36.4 Å². The minimum absolute atomic E-state index is 0.000850. The second-order valence-electron chi connectivity index (χ2n) is 14.5. The number of allylic oxidation sites excluding steroid dienone is 1. The van der Waals surface area contributed by atoms with Crippen LogP contribution in [0.25, 0.3) is 6.08 Å². The number of hydrogen-bond acceptors (Lipinski definition) is 6. The summed E-state index contributed by atoms with van der Waals surface area (Å²) in [5.74, 6) is 2.98. The van der Waals surface area contributed by atoms with E-state index in [9.17, 15) is 4.79 Å². The van der Waals surface area contributed by atoms with Crippen LogP contribution in [0, 0.1) is 0 Å². The third kappa shape index (κ3) is 16.8. The molecule has 0 aliphatic heterocycles. The summed E-state index contributed by atoms with van der Waals surface area (Å²) in [4.78, 5) is 14.4. The van der Waals surface area contributed by atoms with E-state index in [4.69, 9.17) is 23.7 Å². The van der Waals surface area contributed by atoms with Crippen LogP contribution in [0.2, 0.25) is 0 Å². The maximum Gasteiger partial charge on any atom is 0.189 e. The van der Waals surface area contributed by atoms with Crippen LogP contribution in [-0.4, -0.2) is 36.3 Å². The summed E-state index contributed by atoms with van der Waals surface area (Å²) < 4.78 is 32.3. The molecule has 2 aromatic carbocycles. The predicted molar refractivity (Wildman–Crippen MR) is 214 cm³/mol. The topological polar surface area (TPSA) is 63.2 Å². The van der Waals surface area contributed by atoms with Crippen LogP contribution >= 0.6 is 0 Å². The number of ketones is 1. The Kier molecular flexibility index (Phi) is 21.5. The Morgan fingerprint density at radius 1 is 0.529 bits per heavy atom. The highest BCUT2D eigenvalue weighted by molar-refractivity contribution is 6.09.